The van der Waals surface area contributed by atoms with Gasteiger partial charge in [-0.25, -0.2) is 0 Å². The zero-order chi connectivity index (χ0) is 11.3. The molecule has 0 aromatic carbocycles. The van der Waals surface area contributed by atoms with Crippen molar-refractivity contribution < 1.29 is 9.47 Å². The lowest BCUT2D eigenvalue weighted by molar-refractivity contribution is -0.147. The van der Waals surface area contributed by atoms with Gasteiger partial charge in [-0.2, -0.15) is 5.26 Å². The lowest BCUT2D eigenvalue weighted by atomic mass is 9.60. The van der Waals surface area contributed by atoms with E-state index in [0.717, 1.165) is 13.0 Å². The van der Waals surface area contributed by atoms with Gasteiger partial charge in [-0.1, -0.05) is 13.8 Å². The molecule has 2 atom stereocenters. The minimum Gasteiger partial charge on any atom is -0.379 e. The summed E-state index contributed by atoms with van der Waals surface area (Å²) >= 11 is 0. The van der Waals surface area contributed by atoms with Gasteiger partial charge in [-0.3, -0.25) is 0 Å². The molecule has 0 aromatic heterocycles. The summed E-state index contributed by atoms with van der Waals surface area (Å²) in [4.78, 5) is 0. The van der Waals surface area contributed by atoms with Crippen molar-refractivity contribution in [2.75, 3.05) is 19.8 Å². The second-order valence-corrected chi connectivity index (χ2v) is 4.80. The summed E-state index contributed by atoms with van der Waals surface area (Å²) in [5.74, 6) is 0.423. The van der Waals surface area contributed by atoms with Crippen LogP contribution < -0.4 is 0 Å². The van der Waals surface area contributed by atoms with E-state index in [9.17, 15) is 0 Å². The molecule has 0 bridgehead atoms. The molecule has 1 rings (SSSR count). The summed E-state index contributed by atoms with van der Waals surface area (Å²) in [5.41, 5.74) is 0.230. The Hall–Kier alpha value is -0.590. The van der Waals surface area contributed by atoms with Gasteiger partial charge >= 0.3 is 0 Å². The Bertz CT molecular complexity index is 232. The first-order valence-electron chi connectivity index (χ1n) is 5.68. The van der Waals surface area contributed by atoms with E-state index in [0.29, 0.717) is 25.6 Å². The highest BCUT2D eigenvalue weighted by atomic mass is 16.5. The molecule has 1 aliphatic rings. The van der Waals surface area contributed by atoms with Crippen molar-refractivity contribution in [1.29, 1.82) is 5.26 Å². The van der Waals surface area contributed by atoms with Crippen LogP contribution in [-0.2, 0) is 9.47 Å². The van der Waals surface area contributed by atoms with Crippen molar-refractivity contribution in [3.8, 4) is 6.07 Å². The number of ether oxygens (including phenoxy) is 2. The first-order valence-corrected chi connectivity index (χ1v) is 5.68. The second-order valence-electron chi connectivity index (χ2n) is 4.80. The first-order chi connectivity index (χ1) is 7.11. The quantitative estimate of drug-likeness (QED) is 0.633. The molecule has 1 saturated carbocycles. The Morgan fingerprint density at radius 2 is 2.13 bits per heavy atom. The molecule has 0 amide bonds. The number of nitriles is 1. The van der Waals surface area contributed by atoms with E-state index in [-0.39, 0.29) is 11.5 Å². The van der Waals surface area contributed by atoms with Crippen LogP contribution in [0.2, 0.25) is 0 Å². The lowest BCUT2D eigenvalue weighted by Gasteiger charge is -2.50. The summed E-state index contributed by atoms with van der Waals surface area (Å²) in [6.07, 6.45) is 1.94. The molecule has 0 unspecified atom stereocenters. The largest absolute Gasteiger partial charge is 0.379 e. The van der Waals surface area contributed by atoms with Gasteiger partial charge in [0, 0.05) is 13.0 Å². The normalized spacial score (nSPS) is 28.1. The van der Waals surface area contributed by atoms with Gasteiger partial charge in [0.15, 0.2) is 0 Å². The van der Waals surface area contributed by atoms with Crippen LogP contribution in [0.4, 0.5) is 0 Å². The molecule has 0 radical (unpaired) electrons. The van der Waals surface area contributed by atoms with E-state index < -0.39 is 0 Å². The molecular weight excluding hydrogens is 190 g/mol. The van der Waals surface area contributed by atoms with Crippen LogP contribution in [0.3, 0.4) is 0 Å². The van der Waals surface area contributed by atoms with E-state index in [1.165, 1.54) is 0 Å². The van der Waals surface area contributed by atoms with E-state index >= 15 is 0 Å². The van der Waals surface area contributed by atoms with Crippen molar-refractivity contribution in [2.45, 2.75) is 39.7 Å². The number of hydrogen-bond donors (Lipinski definition) is 0. The average molecular weight is 211 g/mol. The van der Waals surface area contributed by atoms with Crippen LogP contribution in [-0.4, -0.2) is 25.9 Å². The summed E-state index contributed by atoms with van der Waals surface area (Å²) in [5, 5.41) is 8.67. The molecule has 0 N–H and O–H groups in total. The van der Waals surface area contributed by atoms with E-state index in [4.69, 9.17) is 14.7 Å². The van der Waals surface area contributed by atoms with Crippen LogP contribution in [0, 0.1) is 22.7 Å². The van der Waals surface area contributed by atoms with Gasteiger partial charge in [0.1, 0.15) is 0 Å². The smallest absolute Gasteiger partial charge is 0.0704 e. The van der Waals surface area contributed by atoms with Crippen LogP contribution in [0.1, 0.15) is 33.6 Å². The highest BCUT2D eigenvalue weighted by molar-refractivity contribution is 5.00. The molecule has 0 saturated heterocycles. The molecule has 86 valence electrons. The molecule has 1 fully saturated rings. The van der Waals surface area contributed by atoms with Crippen LogP contribution >= 0.6 is 0 Å². The summed E-state index contributed by atoms with van der Waals surface area (Å²) in [7, 11) is 0. The maximum Gasteiger partial charge on any atom is 0.0704 e. The molecular formula is C12H21NO2. The third-order valence-corrected chi connectivity index (χ3v) is 3.07. The van der Waals surface area contributed by atoms with Gasteiger partial charge in [-0.05, 0) is 24.7 Å². The zero-order valence-electron chi connectivity index (χ0n) is 9.95. The van der Waals surface area contributed by atoms with Gasteiger partial charge < -0.3 is 9.47 Å². The van der Waals surface area contributed by atoms with Crippen LogP contribution in [0.5, 0.6) is 0 Å². The number of hydrogen-bond acceptors (Lipinski definition) is 3. The lowest BCUT2D eigenvalue weighted by Crippen LogP contribution is -2.50. The van der Waals surface area contributed by atoms with Gasteiger partial charge in [-0.15, -0.1) is 0 Å². The Balaban J connectivity index is 2.27. The molecule has 0 aliphatic heterocycles. The van der Waals surface area contributed by atoms with Crippen molar-refractivity contribution in [2.24, 2.45) is 11.3 Å². The topological polar surface area (TPSA) is 42.2 Å². The maximum atomic E-state index is 8.67. The first kappa shape index (κ1) is 12.5. The second kappa shape index (κ2) is 5.48. The summed E-state index contributed by atoms with van der Waals surface area (Å²) in [6, 6.07) is 2.23. The molecule has 0 spiro atoms. The van der Waals surface area contributed by atoms with E-state index in [1.807, 2.05) is 6.92 Å². The molecule has 1 aliphatic carbocycles. The van der Waals surface area contributed by atoms with Crippen LogP contribution in [0.25, 0.3) is 0 Å². The Labute approximate surface area is 92.4 Å². The molecule has 3 nitrogen and oxygen atoms in total. The monoisotopic (exact) mass is 211 g/mol. The number of nitrogens with zero attached hydrogens (tertiary/aromatic N) is 1. The predicted molar refractivity (Wildman–Crippen MR) is 58.4 cm³/mol. The maximum absolute atomic E-state index is 8.67. The Kier molecular flexibility index (Phi) is 4.56. The van der Waals surface area contributed by atoms with Gasteiger partial charge in [0.05, 0.1) is 25.4 Å². The summed E-state index contributed by atoms with van der Waals surface area (Å²) in [6.45, 7) is 8.41. The third-order valence-electron chi connectivity index (χ3n) is 3.07. The van der Waals surface area contributed by atoms with E-state index in [1.54, 1.807) is 0 Å². The average Bonchev–Trinajstić information content (AvgIpc) is 2.16. The zero-order valence-corrected chi connectivity index (χ0v) is 9.95. The highest BCUT2D eigenvalue weighted by Gasteiger charge is 2.47. The van der Waals surface area contributed by atoms with Crippen LogP contribution in [0.15, 0.2) is 0 Å². The highest BCUT2D eigenvalue weighted by Crippen LogP contribution is 2.48. The van der Waals surface area contributed by atoms with Crippen molar-refractivity contribution >= 4 is 0 Å². The fourth-order valence-corrected chi connectivity index (χ4v) is 2.41. The van der Waals surface area contributed by atoms with Gasteiger partial charge in [0.25, 0.3) is 0 Å². The number of rotatable bonds is 6. The fourth-order valence-electron chi connectivity index (χ4n) is 2.41. The minimum atomic E-state index is 0.230. The molecule has 0 aromatic rings. The minimum absolute atomic E-state index is 0.230. The third kappa shape index (κ3) is 3.19. The van der Waals surface area contributed by atoms with Gasteiger partial charge in [0.2, 0.25) is 0 Å². The Morgan fingerprint density at radius 1 is 1.40 bits per heavy atom. The Morgan fingerprint density at radius 3 is 2.67 bits per heavy atom. The molecule has 0 heterocycles. The molecule has 15 heavy (non-hydrogen) atoms. The fraction of sp³-hybridized carbons (Fsp3) is 0.917. The summed E-state index contributed by atoms with van der Waals surface area (Å²) < 4.78 is 11.0. The van der Waals surface area contributed by atoms with Crippen molar-refractivity contribution in [3.63, 3.8) is 0 Å². The predicted octanol–water partition coefficient (Wildman–Crippen LogP) is 2.37. The standard InChI is InChI=1S/C12H21NO2/c1-4-14-7-8-15-11-10(5-6-13)9-12(11,2)3/h10-11H,4-5,7-9H2,1-3H3/t10-,11-/m1/s1. The van der Waals surface area contributed by atoms with E-state index in [2.05, 4.69) is 19.9 Å². The van der Waals surface area contributed by atoms with Crippen molar-refractivity contribution in [3.05, 3.63) is 0 Å². The van der Waals surface area contributed by atoms with Crippen molar-refractivity contribution in [1.82, 2.24) is 0 Å². The molecule has 3 heteroatoms. The SMILES string of the molecule is CCOCCO[C@@H]1[C@H](CC#N)CC1(C)C.